The summed E-state index contributed by atoms with van der Waals surface area (Å²) in [5.41, 5.74) is -0.161. The van der Waals surface area contributed by atoms with Crippen molar-refractivity contribution in [1.82, 2.24) is 5.32 Å². The van der Waals surface area contributed by atoms with Gasteiger partial charge in [-0.1, -0.05) is 0 Å². The van der Waals surface area contributed by atoms with Crippen LogP contribution in [0, 0.1) is 23.4 Å². The first kappa shape index (κ1) is 20.4. The Morgan fingerprint density at radius 3 is 2.38 bits per heavy atom. The van der Waals surface area contributed by atoms with Gasteiger partial charge in [-0.2, -0.15) is 0 Å². The van der Waals surface area contributed by atoms with Gasteiger partial charge in [-0.3, -0.25) is 4.79 Å². The third kappa shape index (κ3) is 6.13. The van der Waals surface area contributed by atoms with Crippen molar-refractivity contribution in [3.8, 4) is 0 Å². The smallest absolute Gasteiger partial charge is 0.293 e. The van der Waals surface area contributed by atoms with Crippen molar-refractivity contribution < 1.29 is 27.8 Å². The van der Waals surface area contributed by atoms with E-state index in [1.165, 1.54) is 0 Å². The number of hydrogen-bond donors (Lipinski definition) is 2. The number of hydrogen-bond acceptors (Lipinski definition) is 4. The molecule has 1 aromatic carbocycles. The van der Waals surface area contributed by atoms with Crippen LogP contribution in [0.4, 0.5) is 13.2 Å². The molecule has 1 heterocycles. The molecule has 4 nitrogen and oxygen atoms in total. The Bertz CT molecular complexity index is 547. The molecule has 24 heavy (non-hydrogen) atoms. The standard InChI is InChI=1S/C12H14F3NO.C5H10O2/c13-10-4-12(15)11(14)3-9(10)8-1-2-16-5-7(8)6-17;1-5(2,3)7-4-6/h3-4,7-8,16-17H,1-2,5-6H2;4H,1-3H3. The lowest BCUT2D eigenvalue weighted by Crippen LogP contribution is -2.37. The average Bonchev–Trinajstić information content (AvgIpc) is 2.50. The summed E-state index contributed by atoms with van der Waals surface area (Å²) >= 11 is 0. The lowest BCUT2D eigenvalue weighted by Gasteiger charge is -2.31. The lowest BCUT2D eigenvalue weighted by atomic mass is 9.81. The van der Waals surface area contributed by atoms with Gasteiger partial charge in [0.25, 0.3) is 6.47 Å². The molecule has 136 valence electrons. The number of halogens is 3. The van der Waals surface area contributed by atoms with Crippen molar-refractivity contribution in [2.45, 2.75) is 38.7 Å². The van der Waals surface area contributed by atoms with Crippen LogP contribution in [0.2, 0.25) is 0 Å². The summed E-state index contributed by atoms with van der Waals surface area (Å²) < 4.78 is 44.1. The predicted molar refractivity (Wildman–Crippen MR) is 84.0 cm³/mol. The molecule has 0 aliphatic carbocycles. The first-order valence-corrected chi connectivity index (χ1v) is 7.77. The van der Waals surface area contributed by atoms with Crippen LogP contribution in [-0.2, 0) is 9.53 Å². The molecule has 0 bridgehead atoms. The zero-order chi connectivity index (χ0) is 18.3. The topological polar surface area (TPSA) is 58.6 Å². The van der Waals surface area contributed by atoms with Crippen LogP contribution in [0.25, 0.3) is 0 Å². The van der Waals surface area contributed by atoms with Crippen LogP contribution in [0.3, 0.4) is 0 Å². The largest absolute Gasteiger partial charge is 0.462 e. The van der Waals surface area contributed by atoms with E-state index in [0.717, 1.165) is 6.07 Å². The number of benzene rings is 1. The maximum absolute atomic E-state index is 13.6. The molecule has 1 aliphatic heterocycles. The predicted octanol–water partition coefficient (Wildman–Crippen LogP) is 2.75. The van der Waals surface area contributed by atoms with Crippen molar-refractivity contribution in [1.29, 1.82) is 0 Å². The molecule has 0 spiro atoms. The highest BCUT2D eigenvalue weighted by atomic mass is 19.2. The van der Waals surface area contributed by atoms with E-state index < -0.39 is 17.5 Å². The zero-order valence-electron chi connectivity index (χ0n) is 14.1. The summed E-state index contributed by atoms with van der Waals surface area (Å²) in [6, 6.07) is 1.48. The molecule has 0 saturated carbocycles. The van der Waals surface area contributed by atoms with Crippen LogP contribution in [0.1, 0.15) is 38.7 Å². The van der Waals surface area contributed by atoms with E-state index in [9.17, 15) is 23.1 Å². The van der Waals surface area contributed by atoms with Gasteiger partial charge in [0.15, 0.2) is 11.6 Å². The highest BCUT2D eigenvalue weighted by molar-refractivity contribution is 5.37. The summed E-state index contributed by atoms with van der Waals surface area (Å²) in [6.45, 7) is 7.06. The summed E-state index contributed by atoms with van der Waals surface area (Å²) in [6.07, 6.45) is 0.604. The van der Waals surface area contributed by atoms with Gasteiger partial charge in [0.05, 0.1) is 0 Å². The Hall–Kier alpha value is -1.60. The molecule has 0 amide bonds. The van der Waals surface area contributed by atoms with Crippen molar-refractivity contribution in [3.05, 3.63) is 35.1 Å². The Kier molecular flexibility index (Phi) is 7.69. The van der Waals surface area contributed by atoms with Crippen molar-refractivity contribution in [3.63, 3.8) is 0 Å². The molecule has 2 rings (SSSR count). The van der Waals surface area contributed by atoms with Crippen molar-refractivity contribution >= 4 is 6.47 Å². The van der Waals surface area contributed by atoms with Gasteiger partial charge in [-0.25, -0.2) is 13.2 Å². The van der Waals surface area contributed by atoms with Crippen molar-refractivity contribution in [2.24, 2.45) is 5.92 Å². The second-order valence-corrected chi connectivity index (χ2v) is 6.66. The second-order valence-electron chi connectivity index (χ2n) is 6.66. The number of aliphatic hydroxyl groups excluding tert-OH is 1. The van der Waals surface area contributed by atoms with E-state index in [1.54, 1.807) is 0 Å². The molecule has 1 aliphatic rings. The van der Waals surface area contributed by atoms with Gasteiger partial charge in [0.2, 0.25) is 0 Å². The fraction of sp³-hybridized carbons (Fsp3) is 0.588. The third-order valence-corrected chi connectivity index (χ3v) is 3.68. The van der Waals surface area contributed by atoms with Gasteiger partial charge in [-0.15, -0.1) is 0 Å². The van der Waals surface area contributed by atoms with Gasteiger partial charge >= 0.3 is 0 Å². The monoisotopic (exact) mass is 347 g/mol. The van der Waals surface area contributed by atoms with Crippen LogP contribution in [-0.4, -0.2) is 36.9 Å². The molecule has 1 saturated heterocycles. The van der Waals surface area contributed by atoms with Gasteiger partial charge in [0.1, 0.15) is 11.4 Å². The lowest BCUT2D eigenvalue weighted by molar-refractivity contribution is -0.138. The van der Waals surface area contributed by atoms with E-state index in [2.05, 4.69) is 10.1 Å². The number of carbonyl (C=O) groups excluding carboxylic acids is 1. The summed E-state index contributed by atoms with van der Waals surface area (Å²) in [4.78, 5) is 9.60. The maximum atomic E-state index is 13.6. The zero-order valence-corrected chi connectivity index (χ0v) is 14.1. The SMILES string of the molecule is CC(C)(C)OC=O.OCC1CNCCC1c1cc(F)c(F)cc1F. The summed E-state index contributed by atoms with van der Waals surface area (Å²) in [7, 11) is 0. The minimum Gasteiger partial charge on any atom is -0.462 e. The summed E-state index contributed by atoms with van der Waals surface area (Å²) in [5, 5.41) is 12.3. The van der Waals surface area contributed by atoms with E-state index >= 15 is 0 Å². The minimum atomic E-state index is -1.18. The van der Waals surface area contributed by atoms with Gasteiger partial charge in [0, 0.05) is 25.1 Å². The number of carbonyl (C=O) groups is 1. The normalized spacial score (nSPS) is 20.8. The third-order valence-electron chi connectivity index (χ3n) is 3.68. The van der Waals surface area contributed by atoms with Gasteiger partial charge in [-0.05, 0) is 51.3 Å². The van der Waals surface area contributed by atoms with E-state index in [4.69, 9.17) is 0 Å². The second kappa shape index (κ2) is 9.03. The molecule has 2 atom stereocenters. The number of rotatable bonds is 3. The van der Waals surface area contributed by atoms with E-state index in [0.29, 0.717) is 32.0 Å². The fourth-order valence-corrected chi connectivity index (χ4v) is 2.49. The van der Waals surface area contributed by atoms with Crippen LogP contribution < -0.4 is 5.32 Å². The first-order chi connectivity index (χ1) is 11.2. The highest BCUT2D eigenvalue weighted by Gasteiger charge is 2.28. The molecule has 2 N–H and O–H groups in total. The molecule has 1 fully saturated rings. The fourth-order valence-electron chi connectivity index (χ4n) is 2.49. The molecule has 2 unspecified atom stereocenters. The van der Waals surface area contributed by atoms with Crippen LogP contribution in [0.15, 0.2) is 12.1 Å². The van der Waals surface area contributed by atoms with E-state index in [1.807, 2.05) is 20.8 Å². The molecule has 7 heteroatoms. The number of ether oxygens (including phenoxy) is 1. The quantitative estimate of drug-likeness (QED) is 0.652. The Labute approximate surface area is 140 Å². The molecule has 0 radical (unpaired) electrons. The number of aliphatic hydroxyl groups is 1. The molecule has 0 aromatic heterocycles. The number of nitrogens with one attached hydrogen (secondary N) is 1. The van der Waals surface area contributed by atoms with Gasteiger partial charge < -0.3 is 15.2 Å². The van der Waals surface area contributed by atoms with Crippen LogP contribution in [0.5, 0.6) is 0 Å². The Morgan fingerprint density at radius 2 is 1.88 bits per heavy atom. The molecular formula is C17H24F3NO3. The Morgan fingerprint density at radius 1 is 1.25 bits per heavy atom. The Balaban J connectivity index is 0.000000351. The molecule has 1 aromatic rings. The summed E-state index contributed by atoms with van der Waals surface area (Å²) in [5.74, 6) is -3.40. The first-order valence-electron chi connectivity index (χ1n) is 7.77. The van der Waals surface area contributed by atoms with E-state index in [-0.39, 0.29) is 29.6 Å². The average molecular weight is 347 g/mol. The number of piperidine rings is 1. The van der Waals surface area contributed by atoms with Crippen LogP contribution >= 0.6 is 0 Å². The molecular weight excluding hydrogens is 323 g/mol. The maximum Gasteiger partial charge on any atom is 0.293 e. The van der Waals surface area contributed by atoms with Crippen molar-refractivity contribution in [2.75, 3.05) is 19.7 Å². The highest BCUT2D eigenvalue weighted by Crippen LogP contribution is 2.32. The minimum absolute atomic E-state index is 0.101.